The second-order valence-electron chi connectivity index (χ2n) is 4.23. The van der Waals surface area contributed by atoms with Crippen molar-refractivity contribution in [3.8, 4) is 0 Å². The molecule has 19 heavy (non-hydrogen) atoms. The summed E-state index contributed by atoms with van der Waals surface area (Å²) in [5.74, 6) is -0.405. The topological polar surface area (TPSA) is 41.1 Å². The smallest absolute Gasteiger partial charge is 0.319 e. The molecule has 0 spiro atoms. The molecule has 0 radical (unpaired) electrons. The quantitative estimate of drug-likeness (QED) is 0.869. The maximum absolute atomic E-state index is 13.7. The molecule has 4 heteroatoms. The Labute approximate surface area is 111 Å². The number of urea groups is 1. The molecule has 2 amide bonds. The highest BCUT2D eigenvalue weighted by Gasteiger charge is 2.07. The van der Waals surface area contributed by atoms with E-state index in [0.717, 1.165) is 5.56 Å². The summed E-state index contributed by atoms with van der Waals surface area (Å²) in [6.45, 7) is 2.06. The zero-order chi connectivity index (χ0) is 13.7. The average molecular weight is 258 g/mol. The molecule has 2 rings (SSSR count). The fourth-order valence-corrected chi connectivity index (χ4v) is 1.69. The van der Waals surface area contributed by atoms with Crippen LogP contribution >= 0.6 is 0 Å². The molecule has 3 nitrogen and oxygen atoms in total. The predicted octanol–water partition coefficient (Wildman–Crippen LogP) is 3.46. The number of amides is 2. The molecule has 0 saturated carbocycles. The minimum atomic E-state index is -0.423. The van der Waals surface area contributed by atoms with Gasteiger partial charge in [-0.15, -0.1) is 0 Å². The Morgan fingerprint density at radius 2 is 1.84 bits per heavy atom. The zero-order valence-corrected chi connectivity index (χ0v) is 10.6. The first kappa shape index (κ1) is 13.1. The summed E-state index contributed by atoms with van der Waals surface area (Å²) in [7, 11) is 0. The fraction of sp³-hybridized carbons (Fsp3) is 0.133. The maximum Gasteiger partial charge on any atom is 0.319 e. The SMILES string of the molecule is Cc1cccc(NC(=O)NCc2ccccc2)c1F. The third kappa shape index (κ3) is 3.55. The van der Waals surface area contributed by atoms with E-state index >= 15 is 0 Å². The molecule has 0 aliphatic heterocycles. The third-order valence-electron chi connectivity index (χ3n) is 2.74. The van der Waals surface area contributed by atoms with Crippen molar-refractivity contribution >= 4 is 11.7 Å². The van der Waals surface area contributed by atoms with Gasteiger partial charge in [-0.25, -0.2) is 9.18 Å². The maximum atomic E-state index is 13.7. The summed E-state index contributed by atoms with van der Waals surface area (Å²) < 4.78 is 13.7. The molecule has 0 unspecified atom stereocenters. The summed E-state index contributed by atoms with van der Waals surface area (Å²) in [4.78, 5) is 11.7. The van der Waals surface area contributed by atoms with Crippen LogP contribution in [0, 0.1) is 12.7 Å². The number of aryl methyl sites for hydroxylation is 1. The minimum Gasteiger partial charge on any atom is -0.334 e. The van der Waals surface area contributed by atoms with E-state index in [1.165, 1.54) is 6.07 Å². The van der Waals surface area contributed by atoms with Gasteiger partial charge in [-0.05, 0) is 24.1 Å². The number of hydrogen-bond acceptors (Lipinski definition) is 1. The number of anilines is 1. The lowest BCUT2D eigenvalue weighted by atomic mass is 10.2. The summed E-state index contributed by atoms with van der Waals surface area (Å²) >= 11 is 0. The first-order chi connectivity index (χ1) is 9.16. The number of carbonyl (C=O) groups is 1. The van der Waals surface area contributed by atoms with E-state index in [1.807, 2.05) is 30.3 Å². The van der Waals surface area contributed by atoms with Crippen molar-refractivity contribution in [1.29, 1.82) is 0 Å². The molecular formula is C15H15FN2O. The number of carbonyl (C=O) groups excluding carboxylic acids is 1. The Morgan fingerprint density at radius 1 is 1.11 bits per heavy atom. The number of rotatable bonds is 3. The molecule has 0 atom stereocenters. The van der Waals surface area contributed by atoms with Gasteiger partial charge < -0.3 is 10.6 Å². The molecule has 0 aliphatic rings. The van der Waals surface area contributed by atoms with Gasteiger partial charge in [0.15, 0.2) is 0 Å². The van der Waals surface area contributed by atoms with Gasteiger partial charge in [0, 0.05) is 6.54 Å². The lowest BCUT2D eigenvalue weighted by Gasteiger charge is -2.09. The predicted molar refractivity (Wildman–Crippen MR) is 73.4 cm³/mol. The van der Waals surface area contributed by atoms with Crippen LogP contribution in [0.4, 0.5) is 14.9 Å². The van der Waals surface area contributed by atoms with Crippen molar-refractivity contribution in [3.05, 3.63) is 65.5 Å². The molecular weight excluding hydrogens is 243 g/mol. The lowest BCUT2D eigenvalue weighted by Crippen LogP contribution is -2.28. The van der Waals surface area contributed by atoms with Gasteiger partial charge in [0.2, 0.25) is 0 Å². The average Bonchev–Trinajstić information content (AvgIpc) is 2.43. The van der Waals surface area contributed by atoms with E-state index in [0.29, 0.717) is 12.1 Å². The zero-order valence-electron chi connectivity index (χ0n) is 10.6. The van der Waals surface area contributed by atoms with Crippen LogP contribution in [-0.2, 0) is 6.54 Å². The van der Waals surface area contributed by atoms with Crippen LogP contribution in [0.2, 0.25) is 0 Å². The van der Waals surface area contributed by atoms with E-state index in [-0.39, 0.29) is 5.69 Å². The first-order valence-corrected chi connectivity index (χ1v) is 6.00. The molecule has 0 heterocycles. The number of nitrogens with one attached hydrogen (secondary N) is 2. The van der Waals surface area contributed by atoms with Crippen molar-refractivity contribution in [3.63, 3.8) is 0 Å². The highest BCUT2D eigenvalue weighted by molar-refractivity contribution is 5.89. The Balaban J connectivity index is 1.93. The lowest BCUT2D eigenvalue weighted by molar-refractivity contribution is 0.251. The van der Waals surface area contributed by atoms with Crippen molar-refractivity contribution in [2.45, 2.75) is 13.5 Å². The Hall–Kier alpha value is -2.36. The van der Waals surface area contributed by atoms with E-state index in [9.17, 15) is 9.18 Å². The Bertz CT molecular complexity index is 570. The van der Waals surface area contributed by atoms with Gasteiger partial charge >= 0.3 is 6.03 Å². The molecule has 2 N–H and O–H groups in total. The highest BCUT2D eigenvalue weighted by Crippen LogP contribution is 2.16. The number of benzene rings is 2. The van der Waals surface area contributed by atoms with E-state index < -0.39 is 11.8 Å². The molecule has 2 aromatic rings. The van der Waals surface area contributed by atoms with Gasteiger partial charge in [-0.1, -0.05) is 42.5 Å². The fourth-order valence-electron chi connectivity index (χ4n) is 1.69. The Morgan fingerprint density at radius 3 is 2.58 bits per heavy atom. The molecule has 0 aliphatic carbocycles. The molecule has 0 bridgehead atoms. The van der Waals surface area contributed by atoms with E-state index in [4.69, 9.17) is 0 Å². The molecule has 0 aromatic heterocycles. The van der Waals surface area contributed by atoms with Crippen molar-refractivity contribution in [2.24, 2.45) is 0 Å². The molecule has 98 valence electrons. The molecule has 2 aromatic carbocycles. The molecule has 0 saturated heterocycles. The molecule has 0 fully saturated rings. The van der Waals surface area contributed by atoms with Crippen LogP contribution < -0.4 is 10.6 Å². The van der Waals surface area contributed by atoms with Crippen molar-refractivity contribution in [1.82, 2.24) is 5.32 Å². The second kappa shape index (κ2) is 6.00. The van der Waals surface area contributed by atoms with Crippen molar-refractivity contribution < 1.29 is 9.18 Å². The first-order valence-electron chi connectivity index (χ1n) is 6.00. The van der Waals surface area contributed by atoms with Crippen LogP contribution in [0.1, 0.15) is 11.1 Å². The minimum absolute atomic E-state index is 0.186. The van der Waals surface area contributed by atoms with Crippen LogP contribution in [0.3, 0.4) is 0 Å². The third-order valence-corrected chi connectivity index (χ3v) is 2.74. The summed E-state index contributed by atoms with van der Waals surface area (Å²) in [5.41, 5.74) is 1.67. The van der Waals surface area contributed by atoms with E-state index in [1.54, 1.807) is 19.1 Å². The van der Waals surface area contributed by atoms with Crippen LogP contribution in [-0.4, -0.2) is 6.03 Å². The summed E-state index contributed by atoms with van der Waals surface area (Å²) in [6.07, 6.45) is 0. The van der Waals surface area contributed by atoms with Crippen LogP contribution in [0.5, 0.6) is 0 Å². The number of hydrogen-bond donors (Lipinski definition) is 2. The summed E-state index contributed by atoms with van der Waals surface area (Å²) in [6, 6.07) is 14.0. The van der Waals surface area contributed by atoms with Crippen LogP contribution in [0.25, 0.3) is 0 Å². The van der Waals surface area contributed by atoms with Gasteiger partial charge in [0.05, 0.1) is 5.69 Å². The van der Waals surface area contributed by atoms with E-state index in [2.05, 4.69) is 10.6 Å². The standard InChI is InChI=1S/C15H15FN2O/c1-11-6-5-9-13(14(11)16)18-15(19)17-10-12-7-3-2-4-8-12/h2-9H,10H2,1H3,(H2,17,18,19). The van der Waals surface area contributed by atoms with Gasteiger partial charge in [0.25, 0.3) is 0 Å². The summed E-state index contributed by atoms with van der Waals surface area (Å²) in [5, 5.41) is 5.17. The normalized spacial score (nSPS) is 10.0. The highest BCUT2D eigenvalue weighted by atomic mass is 19.1. The van der Waals surface area contributed by atoms with Crippen molar-refractivity contribution in [2.75, 3.05) is 5.32 Å². The van der Waals surface area contributed by atoms with Gasteiger partial charge in [-0.2, -0.15) is 0 Å². The monoisotopic (exact) mass is 258 g/mol. The van der Waals surface area contributed by atoms with Gasteiger partial charge in [-0.3, -0.25) is 0 Å². The largest absolute Gasteiger partial charge is 0.334 e. The number of halogens is 1. The van der Waals surface area contributed by atoms with Gasteiger partial charge in [0.1, 0.15) is 5.82 Å². The second-order valence-corrected chi connectivity index (χ2v) is 4.23. The van der Waals surface area contributed by atoms with Crippen LogP contribution in [0.15, 0.2) is 48.5 Å². The Kier molecular flexibility index (Phi) is 4.13.